The van der Waals surface area contributed by atoms with Gasteiger partial charge in [0.1, 0.15) is 11.5 Å². The van der Waals surface area contributed by atoms with Crippen LogP contribution in [0.1, 0.15) is 76.9 Å². The standard InChI is InChI=1S/C50H59F6N15O6/c1-27-43(15-30(19-61-27)47(73)65-35-14-33(26-72)45(76-7)38(18-35)50(54,55)56)69(59)24-40(58)37-22-64-71(29(37)3)10-9-41-44(70(60)25-39(57)36-21-63-68(5)28(36)2)16-31(20-62-41)48(74)66-42-17-34(49(51,52)53)13-32(46(42)77-8)23-67(4)11-12-75-6/h13-22,57-58,72H,9-12,23-26,59-60H2,1-8H3,(H,65,73)(H,66,74). The number of rotatable bonds is 23. The quantitative estimate of drug-likeness (QED) is 0.0163. The number of aryl methyl sites for hydroxylation is 4. The molecule has 6 rings (SSSR count). The van der Waals surface area contributed by atoms with Crippen LogP contribution >= 0.6 is 0 Å². The molecule has 0 fully saturated rings. The highest BCUT2D eigenvalue weighted by molar-refractivity contribution is 6.07. The predicted octanol–water partition coefficient (Wildman–Crippen LogP) is 6.20. The molecule has 0 atom stereocenters. The van der Waals surface area contributed by atoms with Gasteiger partial charge < -0.3 is 50.8 Å². The van der Waals surface area contributed by atoms with E-state index in [-0.39, 0.29) is 94.8 Å². The first-order valence-corrected chi connectivity index (χ1v) is 23.4. The molecule has 0 aliphatic heterocycles. The van der Waals surface area contributed by atoms with E-state index in [9.17, 15) is 41.0 Å². The molecular formula is C50H59F6N15O6. The molecule has 77 heavy (non-hydrogen) atoms. The van der Waals surface area contributed by atoms with Crippen molar-refractivity contribution in [2.24, 2.45) is 18.7 Å². The number of alkyl halides is 6. The van der Waals surface area contributed by atoms with E-state index in [1.165, 1.54) is 61.2 Å². The van der Waals surface area contributed by atoms with Gasteiger partial charge in [-0.3, -0.25) is 33.8 Å². The number of ether oxygens (including phenoxy) is 3. The Morgan fingerprint density at radius 1 is 0.753 bits per heavy atom. The minimum Gasteiger partial charge on any atom is -0.496 e. The SMILES string of the molecule is COCCN(C)Cc1cc(C(F)(F)F)cc(NC(=O)c2cnc(CCn3ncc(C(=N)CN(N)c4cc(C(=O)Nc5cc(CO)c(OC)c(C(F)(F)F)c5)cnc4C)c3C)c(N(N)CC(=N)c3cnn(C)c3C)c2)c1OC. The highest BCUT2D eigenvalue weighted by Crippen LogP contribution is 2.41. The van der Waals surface area contributed by atoms with Crippen LogP contribution in [0.3, 0.4) is 0 Å². The average molecular weight is 1080 g/mol. The summed E-state index contributed by atoms with van der Waals surface area (Å²) in [6.45, 7) is 4.84. The van der Waals surface area contributed by atoms with Crippen LogP contribution in [0.5, 0.6) is 11.5 Å². The van der Waals surface area contributed by atoms with Gasteiger partial charge in [-0.25, -0.2) is 11.7 Å². The second kappa shape index (κ2) is 24.3. The molecule has 2 amide bonds. The molecule has 4 heterocycles. The highest BCUT2D eigenvalue weighted by atomic mass is 19.4. The average Bonchev–Trinajstić information content (AvgIpc) is 3.93. The van der Waals surface area contributed by atoms with Crippen molar-refractivity contribution in [3.05, 3.63) is 128 Å². The number of anilines is 4. The summed E-state index contributed by atoms with van der Waals surface area (Å²) >= 11 is 0. The summed E-state index contributed by atoms with van der Waals surface area (Å²) in [4.78, 5) is 38.0. The van der Waals surface area contributed by atoms with E-state index in [0.29, 0.717) is 53.1 Å². The number of carbonyl (C=O) groups excluding carboxylic acids is 2. The summed E-state index contributed by atoms with van der Waals surface area (Å²) < 4.78 is 103. The monoisotopic (exact) mass is 1080 g/mol. The fourth-order valence-electron chi connectivity index (χ4n) is 8.29. The van der Waals surface area contributed by atoms with Gasteiger partial charge in [0.25, 0.3) is 11.8 Å². The van der Waals surface area contributed by atoms with E-state index in [2.05, 4.69) is 30.8 Å². The Labute approximate surface area is 438 Å². The largest absolute Gasteiger partial charge is 0.496 e. The van der Waals surface area contributed by atoms with Crippen LogP contribution in [0.4, 0.5) is 49.1 Å². The lowest BCUT2D eigenvalue weighted by Gasteiger charge is -2.23. The summed E-state index contributed by atoms with van der Waals surface area (Å²) in [6, 6.07) is 6.37. The number of aromatic nitrogens is 6. The number of nitrogens with zero attached hydrogens (tertiary/aromatic N) is 9. The fraction of sp³-hybridized carbons (Fsp3) is 0.360. The Morgan fingerprint density at radius 2 is 1.35 bits per heavy atom. The number of methoxy groups -OCH3 is 3. The number of hydrogen-bond acceptors (Lipinski definition) is 17. The molecule has 4 aromatic heterocycles. The second-order valence-electron chi connectivity index (χ2n) is 17.8. The molecule has 0 unspecified atom stereocenters. The Kier molecular flexibility index (Phi) is 18.4. The number of amides is 2. The van der Waals surface area contributed by atoms with Crippen LogP contribution in [-0.4, -0.2) is 117 Å². The van der Waals surface area contributed by atoms with Crippen molar-refractivity contribution < 1.29 is 55.2 Å². The van der Waals surface area contributed by atoms with Crippen LogP contribution < -0.4 is 41.8 Å². The number of benzene rings is 2. The first-order chi connectivity index (χ1) is 36.3. The van der Waals surface area contributed by atoms with E-state index in [1.807, 2.05) is 0 Å². The van der Waals surface area contributed by atoms with E-state index in [1.54, 1.807) is 49.1 Å². The number of hydrogen-bond donors (Lipinski definition) is 7. The van der Waals surface area contributed by atoms with Gasteiger partial charge in [0.05, 0.1) is 115 Å². The number of aliphatic hydroxyl groups excluding tert-OH is 1. The summed E-state index contributed by atoms with van der Waals surface area (Å²) in [5.41, 5.74) is 0.510. The maximum Gasteiger partial charge on any atom is 0.420 e. The molecule has 0 spiro atoms. The van der Waals surface area contributed by atoms with Crippen LogP contribution in [0.2, 0.25) is 0 Å². The molecule has 0 bridgehead atoms. The predicted molar refractivity (Wildman–Crippen MR) is 275 cm³/mol. The molecule has 0 aliphatic rings. The molecular weight excluding hydrogens is 1020 g/mol. The topological polar surface area (TPSA) is 277 Å². The van der Waals surface area contributed by atoms with Crippen molar-refractivity contribution in [2.45, 2.75) is 59.2 Å². The zero-order chi connectivity index (χ0) is 56.7. The van der Waals surface area contributed by atoms with Gasteiger partial charge in [0.15, 0.2) is 0 Å². The molecule has 0 saturated carbocycles. The summed E-state index contributed by atoms with van der Waals surface area (Å²) in [6.07, 6.45) is -4.05. The Hall–Kier alpha value is -7.98. The van der Waals surface area contributed by atoms with Gasteiger partial charge in [-0.05, 0) is 64.2 Å². The molecule has 0 radical (unpaired) electrons. The number of carbonyl (C=O) groups is 2. The third-order valence-electron chi connectivity index (χ3n) is 12.5. The zero-order valence-corrected chi connectivity index (χ0v) is 43.4. The molecule has 9 N–H and O–H groups in total. The Balaban J connectivity index is 1.22. The van der Waals surface area contributed by atoms with Crippen LogP contribution in [0.15, 0.2) is 61.2 Å². The van der Waals surface area contributed by atoms with Crippen LogP contribution in [-0.2, 0) is 50.3 Å². The smallest absolute Gasteiger partial charge is 0.420 e. The van der Waals surface area contributed by atoms with E-state index in [0.717, 1.165) is 25.3 Å². The number of hydrazine groups is 2. The number of pyridine rings is 2. The summed E-state index contributed by atoms with van der Waals surface area (Å²) in [7, 11) is 7.25. The normalized spacial score (nSPS) is 11.7. The first-order valence-electron chi connectivity index (χ1n) is 23.4. The van der Waals surface area contributed by atoms with E-state index >= 15 is 0 Å². The number of nitrogens with one attached hydrogen (secondary N) is 4. The van der Waals surface area contributed by atoms with Gasteiger partial charge in [0, 0.05) is 91.9 Å². The van der Waals surface area contributed by atoms with Crippen molar-refractivity contribution in [3.63, 3.8) is 0 Å². The van der Waals surface area contributed by atoms with Crippen LogP contribution in [0, 0.1) is 31.6 Å². The lowest BCUT2D eigenvalue weighted by atomic mass is 10.1. The molecule has 27 heteroatoms. The number of halogens is 6. The highest BCUT2D eigenvalue weighted by Gasteiger charge is 2.37. The third kappa shape index (κ3) is 13.7. The Morgan fingerprint density at radius 3 is 1.94 bits per heavy atom. The minimum atomic E-state index is -4.86. The van der Waals surface area contributed by atoms with Gasteiger partial charge in [-0.15, -0.1) is 0 Å². The molecule has 6 aromatic rings. The van der Waals surface area contributed by atoms with Gasteiger partial charge in [0.2, 0.25) is 0 Å². The number of aliphatic hydroxyl groups is 1. The van der Waals surface area contributed by atoms with Gasteiger partial charge in [-0.1, -0.05) is 0 Å². The summed E-state index contributed by atoms with van der Waals surface area (Å²) in [5, 5.41) is 43.7. The van der Waals surface area contributed by atoms with Gasteiger partial charge >= 0.3 is 12.4 Å². The molecule has 0 saturated heterocycles. The van der Waals surface area contributed by atoms with E-state index in [4.69, 9.17) is 36.7 Å². The lowest BCUT2D eigenvalue weighted by Crippen LogP contribution is -2.37. The zero-order valence-electron chi connectivity index (χ0n) is 43.4. The fourth-order valence-corrected chi connectivity index (χ4v) is 8.29. The third-order valence-corrected chi connectivity index (χ3v) is 12.5. The molecule has 0 aliphatic carbocycles. The summed E-state index contributed by atoms with van der Waals surface area (Å²) in [5.74, 6) is 10.9. The molecule has 21 nitrogen and oxygen atoms in total. The minimum absolute atomic E-state index is 0.00843. The maximum atomic E-state index is 14.3. The van der Waals surface area contributed by atoms with Gasteiger partial charge in [-0.2, -0.15) is 36.5 Å². The number of nitrogens with two attached hydrogens (primary N) is 2. The molecule has 412 valence electrons. The lowest BCUT2D eigenvalue weighted by molar-refractivity contribution is -0.139. The van der Waals surface area contributed by atoms with Crippen molar-refractivity contribution in [2.75, 3.05) is 75.3 Å². The van der Waals surface area contributed by atoms with Crippen molar-refractivity contribution in [1.82, 2.24) is 34.4 Å². The molecule has 2 aromatic carbocycles. The van der Waals surface area contributed by atoms with Crippen molar-refractivity contribution in [1.29, 1.82) is 10.8 Å². The second-order valence-corrected chi connectivity index (χ2v) is 17.8. The maximum absolute atomic E-state index is 14.3. The van der Waals surface area contributed by atoms with Crippen LogP contribution in [0.25, 0.3) is 0 Å². The number of likely N-dealkylation sites (N-methyl/N-ethyl adjacent to an activating group) is 1. The van der Waals surface area contributed by atoms with Crippen molar-refractivity contribution in [3.8, 4) is 11.5 Å². The first kappa shape index (κ1) is 58.3. The van der Waals surface area contributed by atoms with Crippen molar-refractivity contribution >= 4 is 46.0 Å². The Bertz CT molecular complexity index is 3160. The van der Waals surface area contributed by atoms with E-state index < -0.39 is 47.7 Å².